The lowest BCUT2D eigenvalue weighted by molar-refractivity contribution is 0.156. The van der Waals surface area contributed by atoms with Crippen LogP contribution in [-0.4, -0.2) is 11.7 Å². The molecule has 1 heterocycles. The molecule has 72 valence electrons. The SMILES string of the molecule is CC1CC1c1ccc(C(O)CN)o1. The Morgan fingerprint density at radius 1 is 1.69 bits per heavy atom. The van der Waals surface area contributed by atoms with Gasteiger partial charge in [-0.1, -0.05) is 6.92 Å². The van der Waals surface area contributed by atoms with Crippen LogP contribution in [0.4, 0.5) is 0 Å². The molecule has 3 nitrogen and oxygen atoms in total. The van der Waals surface area contributed by atoms with E-state index in [0.717, 1.165) is 11.7 Å². The topological polar surface area (TPSA) is 59.4 Å². The van der Waals surface area contributed by atoms with Crippen LogP contribution in [0.5, 0.6) is 0 Å². The number of hydrogen-bond acceptors (Lipinski definition) is 3. The van der Waals surface area contributed by atoms with Gasteiger partial charge in [-0.15, -0.1) is 0 Å². The summed E-state index contributed by atoms with van der Waals surface area (Å²) in [6.45, 7) is 2.42. The zero-order valence-electron chi connectivity index (χ0n) is 7.73. The highest BCUT2D eigenvalue weighted by atomic mass is 16.4. The number of aliphatic hydroxyl groups is 1. The van der Waals surface area contributed by atoms with Crippen LogP contribution >= 0.6 is 0 Å². The molecule has 0 aromatic carbocycles. The molecular weight excluding hydrogens is 166 g/mol. The Balaban J connectivity index is 2.09. The minimum Gasteiger partial charge on any atom is -0.463 e. The van der Waals surface area contributed by atoms with Crippen molar-refractivity contribution in [2.75, 3.05) is 6.54 Å². The molecule has 3 unspecified atom stereocenters. The highest BCUT2D eigenvalue weighted by molar-refractivity contribution is 5.18. The molecule has 0 bridgehead atoms. The van der Waals surface area contributed by atoms with Crippen LogP contribution in [0.2, 0.25) is 0 Å². The second-order valence-corrected chi connectivity index (χ2v) is 3.81. The predicted molar refractivity (Wildman–Crippen MR) is 49.2 cm³/mol. The third-order valence-corrected chi connectivity index (χ3v) is 2.67. The van der Waals surface area contributed by atoms with Crippen LogP contribution in [0.15, 0.2) is 16.5 Å². The molecule has 1 aromatic rings. The number of hydrogen-bond donors (Lipinski definition) is 2. The number of furan rings is 1. The van der Waals surface area contributed by atoms with E-state index >= 15 is 0 Å². The summed E-state index contributed by atoms with van der Waals surface area (Å²) in [6.07, 6.45) is 0.550. The van der Waals surface area contributed by atoms with Gasteiger partial charge in [0.2, 0.25) is 0 Å². The maximum Gasteiger partial charge on any atom is 0.133 e. The van der Waals surface area contributed by atoms with Crippen LogP contribution in [0.3, 0.4) is 0 Å². The Bertz CT molecular complexity index is 276. The van der Waals surface area contributed by atoms with Gasteiger partial charge >= 0.3 is 0 Å². The van der Waals surface area contributed by atoms with Crippen molar-refractivity contribution in [3.8, 4) is 0 Å². The van der Waals surface area contributed by atoms with E-state index in [2.05, 4.69) is 6.92 Å². The van der Waals surface area contributed by atoms with Gasteiger partial charge in [0.05, 0.1) is 0 Å². The molecule has 3 N–H and O–H groups in total. The molecular formula is C10H15NO2. The second-order valence-electron chi connectivity index (χ2n) is 3.81. The highest BCUT2D eigenvalue weighted by Crippen LogP contribution is 2.47. The Hall–Kier alpha value is -0.800. The van der Waals surface area contributed by atoms with Gasteiger partial charge in [-0.2, -0.15) is 0 Å². The zero-order chi connectivity index (χ0) is 9.42. The van der Waals surface area contributed by atoms with E-state index in [0.29, 0.717) is 11.7 Å². The second kappa shape index (κ2) is 3.16. The molecule has 0 amide bonds. The summed E-state index contributed by atoms with van der Waals surface area (Å²) in [4.78, 5) is 0. The average molecular weight is 181 g/mol. The maximum absolute atomic E-state index is 9.39. The number of nitrogens with two attached hydrogens (primary N) is 1. The molecule has 0 radical (unpaired) electrons. The minimum atomic E-state index is -0.650. The standard InChI is InChI=1S/C10H15NO2/c1-6-4-7(6)9-2-3-10(13-9)8(12)5-11/h2-3,6-8,12H,4-5,11H2,1H3. The van der Waals surface area contributed by atoms with E-state index in [1.165, 1.54) is 6.42 Å². The van der Waals surface area contributed by atoms with Gasteiger partial charge in [-0.05, 0) is 24.5 Å². The molecule has 13 heavy (non-hydrogen) atoms. The lowest BCUT2D eigenvalue weighted by atomic mass is 10.2. The van der Waals surface area contributed by atoms with Gasteiger partial charge in [0, 0.05) is 12.5 Å². The minimum absolute atomic E-state index is 0.215. The van der Waals surface area contributed by atoms with Gasteiger partial charge < -0.3 is 15.3 Å². The highest BCUT2D eigenvalue weighted by Gasteiger charge is 2.36. The Labute approximate surface area is 77.5 Å². The van der Waals surface area contributed by atoms with Gasteiger partial charge in [-0.3, -0.25) is 0 Å². The maximum atomic E-state index is 9.39. The molecule has 3 heteroatoms. The number of rotatable bonds is 3. The molecule has 0 spiro atoms. The van der Waals surface area contributed by atoms with Crippen LogP contribution < -0.4 is 5.73 Å². The summed E-state index contributed by atoms with van der Waals surface area (Å²) >= 11 is 0. The average Bonchev–Trinajstić information content (AvgIpc) is 2.70. The summed E-state index contributed by atoms with van der Waals surface area (Å²) < 4.78 is 5.50. The van der Waals surface area contributed by atoms with Gasteiger partial charge in [-0.25, -0.2) is 0 Å². The van der Waals surface area contributed by atoms with Crippen molar-refractivity contribution < 1.29 is 9.52 Å². The normalized spacial score (nSPS) is 28.8. The van der Waals surface area contributed by atoms with E-state index in [-0.39, 0.29) is 6.54 Å². The fraction of sp³-hybridized carbons (Fsp3) is 0.600. The van der Waals surface area contributed by atoms with Crippen molar-refractivity contribution in [3.63, 3.8) is 0 Å². The molecule has 1 aliphatic rings. The van der Waals surface area contributed by atoms with Crippen molar-refractivity contribution in [1.82, 2.24) is 0 Å². The third-order valence-electron chi connectivity index (χ3n) is 2.67. The molecule has 1 aromatic heterocycles. The van der Waals surface area contributed by atoms with Crippen molar-refractivity contribution in [3.05, 3.63) is 23.7 Å². The molecule has 1 aliphatic carbocycles. The molecule has 3 atom stereocenters. The quantitative estimate of drug-likeness (QED) is 0.741. The van der Waals surface area contributed by atoms with Crippen molar-refractivity contribution >= 4 is 0 Å². The van der Waals surface area contributed by atoms with Crippen molar-refractivity contribution in [1.29, 1.82) is 0 Å². The lowest BCUT2D eigenvalue weighted by Crippen LogP contribution is -2.10. The van der Waals surface area contributed by atoms with Crippen LogP contribution in [0, 0.1) is 5.92 Å². The van der Waals surface area contributed by atoms with Crippen molar-refractivity contribution in [2.24, 2.45) is 11.7 Å². The summed E-state index contributed by atoms with van der Waals surface area (Å²) in [5.74, 6) is 2.89. The Morgan fingerprint density at radius 3 is 2.92 bits per heavy atom. The molecule has 0 saturated heterocycles. The summed E-state index contributed by atoms with van der Waals surface area (Å²) in [6, 6.07) is 3.76. The number of aliphatic hydroxyl groups excluding tert-OH is 1. The summed E-state index contributed by atoms with van der Waals surface area (Å²) in [5, 5.41) is 9.39. The van der Waals surface area contributed by atoms with Gasteiger partial charge in [0.1, 0.15) is 17.6 Å². The third kappa shape index (κ3) is 1.62. The van der Waals surface area contributed by atoms with E-state index in [1.54, 1.807) is 0 Å². The van der Waals surface area contributed by atoms with E-state index in [9.17, 15) is 5.11 Å². The van der Waals surface area contributed by atoms with Gasteiger partial charge in [0.15, 0.2) is 0 Å². The first kappa shape index (κ1) is 8.78. The van der Waals surface area contributed by atoms with Crippen LogP contribution in [-0.2, 0) is 0 Å². The van der Waals surface area contributed by atoms with E-state index < -0.39 is 6.10 Å². The zero-order valence-corrected chi connectivity index (χ0v) is 7.73. The fourth-order valence-corrected chi connectivity index (χ4v) is 1.58. The van der Waals surface area contributed by atoms with Crippen LogP contribution in [0.25, 0.3) is 0 Å². The van der Waals surface area contributed by atoms with Crippen LogP contribution in [0.1, 0.15) is 36.9 Å². The van der Waals surface area contributed by atoms with Gasteiger partial charge in [0.25, 0.3) is 0 Å². The summed E-state index contributed by atoms with van der Waals surface area (Å²) in [5.41, 5.74) is 5.32. The van der Waals surface area contributed by atoms with E-state index in [1.807, 2.05) is 12.1 Å². The molecule has 1 saturated carbocycles. The monoisotopic (exact) mass is 181 g/mol. The fourth-order valence-electron chi connectivity index (χ4n) is 1.58. The largest absolute Gasteiger partial charge is 0.463 e. The molecule has 0 aliphatic heterocycles. The van der Waals surface area contributed by atoms with Crippen molar-refractivity contribution in [2.45, 2.75) is 25.4 Å². The first-order chi connectivity index (χ1) is 6.22. The Morgan fingerprint density at radius 2 is 2.38 bits per heavy atom. The molecule has 1 fully saturated rings. The first-order valence-corrected chi connectivity index (χ1v) is 4.70. The smallest absolute Gasteiger partial charge is 0.133 e. The Kier molecular flexibility index (Phi) is 2.14. The lowest BCUT2D eigenvalue weighted by Gasteiger charge is -2.02. The first-order valence-electron chi connectivity index (χ1n) is 4.70. The van der Waals surface area contributed by atoms with E-state index in [4.69, 9.17) is 10.2 Å². The predicted octanol–water partition coefficient (Wildman–Crippen LogP) is 1.40. The molecule has 2 rings (SSSR count). The summed E-state index contributed by atoms with van der Waals surface area (Å²) in [7, 11) is 0.